The molecule has 1 N–H and O–H groups in total. The molecule has 3 nitrogen and oxygen atoms in total. The molecule has 0 bridgehead atoms. The van der Waals surface area contributed by atoms with Gasteiger partial charge in [0.05, 0.1) is 10.9 Å². The molecule has 0 saturated carbocycles. The van der Waals surface area contributed by atoms with E-state index in [9.17, 15) is 8.42 Å². The summed E-state index contributed by atoms with van der Waals surface area (Å²) in [5, 5.41) is 0. The van der Waals surface area contributed by atoms with E-state index in [-0.39, 0.29) is 4.90 Å². The van der Waals surface area contributed by atoms with Gasteiger partial charge in [-0.2, -0.15) is 4.72 Å². The van der Waals surface area contributed by atoms with E-state index in [0.29, 0.717) is 0 Å². The first-order chi connectivity index (χ1) is 15.5. The van der Waals surface area contributed by atoms with Crippen molar-refractivity contribution < 1.29 is 8.42 Å². The first kappa shape index (κ1) is 21.8. The first-order valence-corrected chi connectivity index (χ1v) is 11.9. The monoisotopic (exact) mass is 439 g/mol. The fourth-order valence-electron chi connectivity index (χ4n) is 3.72. The number of sulfonamides is 1. The predicted molar refractivity (Wildman–Crippen MR) is 131 cm³/mol. The Morgan fingerprint density at radius 3 is 1.97 bits per heavy atom. The lowest BCUT2D eigenvalue weighted by atomic mass is 9.89. The zero-order valence-electron chi connectivity index (χ0n) is 17.9. The zero-order chi connectivity index (χ0) is 22.6. The van der Waals surface area contributed by atoms with Gasteiger partial charge in [0.1, 0.15) is 0 Å². The van der Waals surface area contributed by atoms with Gasteiger partial charge in [-0.3, -0.25) is 0 Å². The summed E-state index contributed by atoms with van der Waals surface area (Å²) >= 11 is 0. The van der Waals surface area contributed by atoms with Crippen molar-refractivity contribution in [2.45, 2.75) is 17.9 Å². The summed E-state index contributed by atoms with van der Waals surface area (Å²) in [6.45, 7) is 6.25. The molecule has 0 aliphatic rings. The second-order valence-electron chi connectivity index (χ2n) is 7.71. The normalized spacial score (nSPS) is 12.3. The highest BCUT2D eigenvalue weighted by atomic mass is 32.2. The standard InChI is InChI=1S/C28H25NO2S/c1-21-17-19-25(20-18-21)32(30,31)29-28(24-13-7-4-8-14-24)27-16-10-9-15-26(27)22(2)23-11-5-3-6-12-23/h3-20,28-29H,2H2,1H3/t28-/m1/s1. The average Bonchev–Trinajstić information content (AvgIpc) is 2.83. The highest BCUT2D eigenvalue weighted by molar-refractivity contribution is 7.89. The molecule has 1 atom stereocenters. The van der Waals surface area contributed by atoms with E-state index in [1.54, 1.807) is 24.3 Å². The maximum Gasteiger partial charge on any atom is 0.241 e. The van der Waals surface area contributed by atoms with Crippen LogP contribution in [-0.2, 0) is 10.0 Å². The van der Waals surface area contributed by atoms with Crippen LogP contribution in [0, 0.1) is 6.92 Å². The van der Waals surface area contributed by atoms with Crippen molar-refractivity contribution >= 4 is 15.6 Å². The number of hydrogen-bond donors (Lipinski definition) is 1. The Morgan fingerprint density at radius 1 is 0.750 bits per heavy atom. The van der Waals surface area contributed by atoms with E-state index in [0.717, 1.165) is 33.4 Å². The third-order valence-corrected chi connectivity index (χ3v) is 6.90. The zero-order valence-corrected chi connectivity index (χ0v) is 18.7. The number of aryl methyl sites for hydroxylation is 1. The quantitative estimate of drug-likeness (QED) is 0.377. The van der Waals surface area contributed by atoms with Gasteiger partial charge in [0.25, 0.3) is 0 Å². The van der Waals surface area contributed by atoms with Crippen LogP contribution in [-0.4, -0.2) is 8.42 Å². The SMILES string of the molecule is C=C(c1ccccc1)c1ccccc1[C@H](NS(=O)(=O)c1ccc(C)cc1)c1ccccc1. The summed E-state index contributed by atoms with van der Waals surface area (Å²) in [7, 11) is -3.76. The van der Waals surface area contributed by atoms with Crippen LogP contribution in [0.1, 0.15) is 33.9 Å². The van der Waals surface area contributed by atoms with Gasteiger partial charge >= 0.3 is 0 Å². The molecule has 0 aliphatic heterocycles. The van der Waals surface area contributed by atoms with Crippen molar-refractivity contribution in [2.75, 3.05) is 0 Å². The fourth-order valence-corrected chi connectivity index (χ4v) is 4.92. The van der Waals surface area contributed by atoms with Gasteiger partial charge in [-0.15, -0.1) is 0 Å². The van der Waals surface area contributed by atoms with Gasteiger partial charge in [0, 0.05) is 0 Å². The summed E-state index contributed by atoms with van der Waals surface area (Å²) in [5.74, 6) is 0. The van der Waals surface area contributed by atoms with Gasteiger partial charge in [-0.25, -0.2) is 8.42 Å². The Labute approximate surface area is 190 Å². The maximum atomic E-state index is 13.3. The lowest BCUT2D eigenvalue weighted by Gasteiger charge is -2.23. The van der Waals surface area contributed by atoms with Crippen LogP contribution < -0.4 is 4.72 Å². The van der Waals surface area contributed by atoms with Crippen molar-refractivity contribution in [3.05, 3.63) is 144 Å². The molecular weight excluding hydrogens is 414 g/mol. The fraction of sp³-hybridized carbons (Fsp3) is 0.0714. The number of rotatable bonds is 7. The van der Waals surface area contributed by atoms with Crippen LogP contribution >= 0.6 is 0 Å². The summed E-state index contributed by atoms with van der Waals surface area (Å²) in [6, 6.07) is 33.7. The van der Waals surface area contributed by atoms with Crippen molar-refractivity contribution in [3.8, 4) is 0 Å². The highest BCUT2D eigenvalue weighted by Gasteiger charge is 2.25. The van der Waals surface area contributed by atoms with Crippen LogP contribution in [0.4, 0.5) is 0 Å². The second kappa shape index (κ2) is 9.35. The van der Waals surface area contributed by atoms with Crippen LogP contribution in [0.25, 0.3) is 5.57 Å². The molecule has 160 valence electrons. The Bertz CT molecular complexity index is 1310. The highest BCUT2D eigenvalue weighted by Crippen LogP contribution is 2.33. The lowest BCUT2D eigenvalue weighted by molar-refractivity contribution is 0.572. The minimum atomic E-state index is -3.76. The van der Waals surface area contributed by atoms with Gasteiger partial charge in [-0.1, -0.05) is 109 Å². The first-order valence-electron chi connectivity index (χ1n) is 10.4. The predicted octanol–water partition coefficient (Wildman–Crippen LogP) is 6.12. The van der Waals surface area contributed by atoms with E-state index in [4.69, 9.17) is 0 Å². The molecule has 0 amide bonds. The molecule has 0 spiro atoms. The van der Waals surface area contributed by atoms with E-state index < -0.39 is 16.1 Å². The molecule has 0 radical (unpaired) electrons. The van der Waals surface area contributed by atoms with E-state index >= 15 is 0 Å². The van der Waals surface area contributed by atoms with Crippen molar-refractivity contribution in [2.24, 2.45) is 0 Å². The molecule has 0 aromatic heterocycles. The third kappa shape index (κ3) is 4.72. The molecule has 0 aliphatic carbocycles. The van der Waals surface area contributed by atoms with Crippen LogP contribution in [0.5, 0.6) is 0 Å². The van der Waals surface area contributed by atoms with E-state index in [1.807, 2.05) is 91.9 Å². The molecule has 4 aromatic carbocycles. The van der Waals surface area contributed by atoms with Gasteiger partial charge in [0.15, 0.2) is 0 Å². The van der Waals surface area contributed by atoms with Gasteiger partial charge in [-0.05, 0) is 46.9 Å². The van der Waals surface area contributed by atoms with Gasteiger partial charge in [0.2, 0.25) is 10.0 Å². The third-order valence-electron chi connectivity index (χ3n) is 5.46. The molecule has 0 heterocycles. The maximum absolute atomic E-state index is 13.3. The molecule has 4 heteroatoms. The molecule has 4 rings (SSSR count). The smallest absolute Gasteiger partial charge is 0.207 e. The van der Waals surface area contributed by atoms with Crippen molar-refractivity contribution in [1.29, 1.82) is 0 Å². The van der Waals surface area contributed by atoms with Gasteiger partial charge < -0.3 is 0 Å². The number of nitrogens with one attached hydrogen (secondary N) is 1. The summed E-state index contributed by atoms with van der Waals surface area (Å²) in [4.78, 5) is 0.239. The van der Waals surface area contributed by atoms with Crippen LogP contribution in [0.3, 0.4) is 0 Å². The molecule has 0 saturated heterocycles. The Kier molecular flexibility index (Phi) is 6.35. The average molecular weight is 440 g/mol. The Balaban J connectivity index is 1.81. The molecular formula is C28H25NO2S. The largest absolute Gasteiger partial charge is 0.241 e. The molecule has 0 fully saturated rings. The minimum absolute atomic E-state index is 0.239. The second-order valence-corrected chi connectivity index (χ2v) is 9.42. The summed E-state index contributed by atoms with van der Waals surface area (Å²) in [6.07, 6.45) is 0. The topological polar surface area (TPSA) is 46.2 Å². The Hall–Kier alpha value is -3.47. The van der Waals surface area contributed by atoms with Crippen LogP contribution in [0.2, 0.25) is 0 Å². The Morgan fingerprint density at radius 2 is 1.31 bits per heavy atom. The van der Waals surface area contributed by atoms with E-state index in [1.165, 1.54) is 0 Å². The molecule has 4 aromatic rings. The lowest BCUT2D eigenvalue weighted by Crippen LogP contribution is -2.30. The summed E-state index contributed by atoms with van der Waals surface area (Å²) in [5.41, 5.74) is 5.46. The number of hydrogen-bond acceptors (Lipinski definition) is 2. The van der Waals surface area contributed by atoms with Crippen LogP contribution in [0.15, 0.2) is 121 Å². The molecule has 32 heavy (non-hydrogen) atoms. The number of benzene rings is 4. The van der Waals surface area contributed by atoms with Crippen molar-refractivity contribution in [3.63, 3.8) is 0 Å². The summed E-state index contributed by atoms with van der Waals surface area (Å²) < 4.78 is 29.6. The molecule has 0 unspecified atom stereocenters. The minimum Gasteiger partial charge on any atom is -0.207 e. The van der Waals surface area contributed by atoms with E-state index in [2.05, 4.69) is 11.3 Å². The van der Waals surface area contributed by atoms with Crippen molar-refractivity contribution in [1.82, 2.24) is 4.72 Å².